The molecule has 3 fully saturated rings. The fourth-order valence-corrected chi connectivity index (χ4v) is 5.01. The molecular weight excluding hydrogens is 314 g/mol. The molecule has 4 rings (SSSR count). The minimum atomic E-state index is 0.169. The molecule has 2 amide bonds. The van der Waals surface area contributed by atoms with Crippen LogP contribution in [-0.4, -0.2) is 48.1 Å². The average molecular weight is 345 g/mol. The van der Waals surface area contributed by atoms with Crippen LogP contribution < -0.4 is 5.32 Å². The smallest absolute Gasteiger partial charge is 0.317 e. The fourth-order valence-electron chi connectivity index (χ4n) is 5.01. The Balaban J connectivity index is 1.33. The van der Waals surface area contributed by atoms with Gasteiger partial charge in [0, 0.05) is 31.1 Å². The van der Waals surface area contributed by atoms with Gasteiger partial charge in [0.15, 0.2) is 0 Å². The van der Waals surface area contributed by atoms with Crippen LogP contribution in [0.25, 0.3) is 0 Å². The van der Waals surface area contributed by atoms with Gasteiger partial charge in [0.1, 0.15) is 11.5 Å². The maximum atomic E-state index is 12.6. The molecule has 1 aromatic heterocycles. The Kier molecular flexibility index (Phi) is 4.76. The zero-order valence-electron chi connectivity index (χ0n) is 15.4. The lowest BCUT2D eigenvalue weighted by atomic mass is 9.79. The van der Waals surface area contributed by atoms with Gasteiger partial charge >= 0.3 is 6.03 Å². The van der Waals surface area contributed by atoms with Crippen molar-refractivity contribution in [3.05, 3.63) is 23.7 Å². The molecule has 0 bridgehead atoms. The number of furan rings is 1. The Hall–Kier alpha value is -1.49. The molecule has 1 spiro atoms. The van der Waals surface area contributed by atoms with E-state index in [-0.39, 0.29) is 11.4 Å². The Morgan fingerprint density at radius 2 is 2.04 bits per heavy atom. The van der Waals surface area contributed by atoms with Crippen LogP contribution >= 0.6 is 0 Å². The fraction of sp³-hybridized carbons (Fsp3) is 0.750. The SMILES string of the molecule is Cc1ccc(CN2CCCC3(CCN(C(=O)NC4CCCC4)C3)C2)o1. The van der Waals surface area contributed by atoms with Gasteiger partial charge in [0.25, 0.3) is 0 Å². The number of aryl methyl sites for hydroxylation is 1. The van der Waals surface area contributed by atoms with Crippen molar-refractivity contribution in [2.45, 2.75) is 64.5 Å². The topological polar surface area (TPSA) is 48.7 Å². The summed E-state index contributed by atoms with van der Waals surface area (Å²) in [6.45, 7) is 6.93. The van der Waals surface area contributed by atoms with Crippen molar-refractivity contribution >= 4 is 6.03 Å². The van der Waals surface area contributed by atoms with Gasteiger partial charge in [-0.05, 0) is 57.7 Å². The number of nitrogens with one attached hydrogen (secondary N) is 1. The Bertz CT molecular complexity index is 608. The van der Waals surface area contributed by atoms with E-state index in [2.05, 4.69) is 21.2 Å². The van der Waals surface area contributed by atoms with Crippen molar-refractivity contribution in [3.63, 3.8) is 0 Å². The van der Waals surface area contributed by atoms with Crippen molar-refractivity contribution < 1.29 is 9.21 Å². The number of nitrogens with zero attached hydrogens (tertiary/aromatic N) is 2. The van der Waals surface area contributed by atoms with Crippen LogP contribution in [0.3, 0.4) is 0 Å². The number of carbonyl (C=O) groups is 1. The van der Waals surface area contributed by atoms with Crippen LogP contribution in [0.5, 0.6) is 0 Å². The molecule has 25 heavy (non-hydrogen) atoms. The van der Waals surface area contributed by atoms with Crippen molar-refractivity contribution in [1.29, 1.82) is 0 Å². The summed E-state index contributed by atoms with van der Waals surface area (Å²) in [4.78, 5) is 17.2. The van der Waals surface area contributed by atoms with Crippen LogP contribution in [0.2, 0.25) is 0 Å². The number of likely N-dealkylation sites (tertiary alicyclic amines) is 2. The van der Waals surface area contributed by atoms with Gasteiger partial charge in [-0.1, -0.05) is 12.8 Å². The molecule has 1 aliphatic carbocycles. The van der Waals surface area contributed by atoms with Crippen molar-refractivity contribution in [3.8, 4) is 0 Å². The van der Waals surface area contributed by atoms with Gasteiger partial charge in [0.2, 0.25) is 0 Å². The predicted molar refractivity (Wildman–Crippen MR) is 97.4 cm³/mol. The maximum Gasteiger partial charge on any atom is 0.317 e. The summed E-state index contributed by atoms with van der Waals surface area (Å²) in [7, 11) is 0. The van der Waals surface area contributed by atoms with Gasteiger partial charge in [0.05, 0.1) is 6.54 Å². The first kappa shape index (κ1) is 17.0. The van der Waals surface area contributed by atoms with Crippen LogP contribution in [0, 0.1) is 12.3 Å². The molecular formula is C20H31N3O2. The summed E-state index contributed by atoms with van der Waals surface area (Å²) in [6.07, 6.45) is 8.43. The lowest BCUT2D eigenvalue weighted by Gasteiger charge is -2.40. The van der Waals surface area contributed by atoms with E-state index in [1.807, 2.05) is 13.0 Å². The van der Waals surface area contributed by atoms with Crippen molar-refractivity contribution in [1.82, 2.24) is 15.1 Å². The molecule has 2 aliphatic heterocycles. The molecule has 1 saturated carbocycles. The van der Waals surface area contributed by atoms with Gasteiger partial charge in [-0.15, -0.1) is 0 Å². The Morgan fingerprint density at radius 1 is 1.20 bits per heavy atom. The zero-order chi connectivity index (χ0) is 17.3. The molecule has 3 heterocycles. The summed E-state index contributed by atoms with van der Waals surface area (Å²) in [5, 5.41) is 3.25. The standard InChI is InChI=1S/C20H31N3O2/c1-16-7-8-18(25-16)13-22-11-4-9-20(14-22)10-12-23(15-20)19(24)21-17-5-2-3-6-17/h7-8,17H,2-6,9-15H2,1H3,(H,21,24). The molecule has 0 aromatic carbocycles. The molecule has 1 N–H and O–H groups in total. The van der Waals surface area contributed by atoms with Crippen LogP contribution in [0.15, 0.2) is 16.5 Å². The molecule has 5 nitrogen and oxygen atoms in total. The molecule has 5 heteroatoms. The molecule has 2 saturated heterocycles. The Labute approximate surface area is 150 Å². The third-order valence-electron chi connectivity index (χ3n) is 6.32. The normalized spacial score (nSPS) is 28.1. The first-order valence-corrected chi connectivity index (χ1v) is 9.95. The quantitative estimate of drug-likeness (QED) is 0.912. The minimum Gasteiger partial charge on any atom is -0.465 e. The highest BCUT2D eigenvalue weighted by Crippen LogP contribution is 2.39. The summed E-state index contributed by atoms with van der Waals surface area (Å²) < 4.78 is 5.75. The van der Waals surface area contributed by atoms with Crippen LogP contribution in [-0.2, 0) is 6.54 Å². The van der Waals surface area contributed by atoms with Gasteiger partial charge in [-0.2, -0.15) is 0 Å². The summed E-state index contributed by atoms with van der Waals surface area (Å²) in [5.41, 5.74) is 0.285. The van der Waals surface area contributed by atoms with Crippen molar-refractivity contribution in [2.75, 3.05) is 26.2 Å². The largest absolute Gasteiger partial charge is 0.465 e. The van der Waals surface area contributed by atoms with E-state index in [9.17, 15) is 4.79 Å². The molecule has 1 atom stereocenters. The molecule has 1 aromatic rings. The number of piperidine rings is 1. The first-order chi connectivity index (χ1) is 12.1. The van der Waals surface area contributed by atoms with E-state index < -0.39 is 0 Å². The number of hydrogen-bond donors (Lipinski definition) is 1. The Morgan fingerprint density at radius 3 is 2.80 bits per heavy atom. The first-order valence-electron chi connectivity index (χ1n) is 9.95. The highest BCUT2D eigenvalue weighted by molar-refractivity contribution is 5.75. The molecule has 3 aliphatic rings. The lowest BCUT2D eigenvalue weighted by Crippen LogP contribution is -2.47. The number of carbonyl (C=O) groups excluding carboxylic acids is 1. The number of hydrogen-bond acceptors (Lipinski definition) is 3. The number of amides is 2. The average Bonchev–Trinajstić information content (AvgIpc) is 3.31. The second-order valence-electron chi connectivity index (χ2n) is 8.43. The number of urea groups is 1. The zero-order valence-corrected chi connectivity index (χ0v) is 15.4. The van der Waals surface area contributed by atoms with E-state index in [0.29, 0.717) is 6.04 Å². The van der Waals surface area contributed by atoms with E-state index in [0.717, 1.165) is 63.5 Å². The van der Waals surface area contributed by atoms with Crippen LogP contribution in [0.4, 0.5) is 4.79 Å². The van der Waals surface area contributed by atoms with Gasteiger partial charge < -0.3 is 14.6 Å². The predicted octanol–water partition coefficient (Wildman–Crippen LogP) is 3.53. The second kappa shape index (κ2) is 7.02. The van der Waals surface area contributed by atoms with E-state index in [1.54, 1.807) is 0 Å². The van der Waals surface area contributed by atoms with Gasteiger partial charge in [-0.25, -0.2) is 4.79 Å². The maximum absolute atomic E-state index is 12.6. The monoisotopic (exact) mass is 345 g/mol. The third kappa shape index (κ3) is 3.86. The third-order valence-corrected chi connectivity index (χ3v) is 6.32. The lowest BCUT2D eigenvalue weighted by molar-refractivity contribution is 0.0842. The molecule has 1 unspecified atom stereocenters. The van der Waals surface area contributed by atoms with E-state index in [1.165, 1.54) is 25.7 Å². The van der Waals surface area contributed by atoms with Crippen molar-refractivity contribution in [2.24, 2.45) is 5.41 Å². The van der Waals surface area contributed by atoms with E-state index in [4.69, 9.17) is 4.42 Å². The highest BCUT2D eigenvalue weighted by Gasteiger charge is 2.43. The number of rotatable bonds is 3. The minimum absolute atomic E-state index is 0.169. The molecule has 0 radical (unpaired) electrons. The van der Waals surface area contributed by atoms with Gasteiger partial charge in [-0.3, -0.25) is 4.90 Å². The summed E-state index contributed by atoms with van der Waals surface area (Å²) in [5.74, 6) is 2.04. The molecule has 138 valence electrons. The van der Waals surface area contributed by atoms with Crippen LogP contribution in [0.1, 0.15) is 56.5 Å². The summed E-state index contributed by atoms with van der Waals surface area (Å²) in [6, 6.07) is 4.71. The summed E-state index contributed by atoms with van der Waals surface area (Å²) >= 11 is 0. The van der Waals surface area contributed by atoms with E-state index >= 15 is 0 Å². The second-order valence-corrected chi connectivity index (χ2v) is 8.43. The highest BCUT2D eigenvalue weighted by atomic mass is 16.3.